The van der Waals surface area contributed by atoms with Crippen molar-refractivity contribution in [1.29, 1.82) is 0 Å². The Balaban J connectivity index is 2.30. The minimum atomic E-state index is -0.919. The number of hydrogen-bond donors (Lipinski definition) is 1. The molecule has 2 heterocycles. The lowest BCUT2D eigenvalue weighted by Gasteiger charge is -2.46. The van der Waals surface area contributed by atoms with E-state index in [9.17, 15) is 14.7 Å². The van der Waals surface area contributed by atoms with E-state index in [1.54, 1.807) is 36.2 Å². The number of fused-ring (bicyclic) bond motifs is 1. The summed E-state index contributed by atoms with van der Waals surface area (Å²) in [5.41, 5.74) is 0.177. The number of nitrogens with zero attached hydrogens (tertiary/aromatic N) is 1. The predicted octanol–water partition coefficient (Wildman–Crippen LogP) is 2.92. The van der Waals surface area contributed by atoms with Crippen LogP contribution in [-0.4, -0.2) is 28.9 Å². The number of carboxylic acid groups (broad SMARTS) is 1. The molecule has 0 fully saturated rings. The lowest BCUT2D eigenvalue weighted by atomic mass is 9.73. The second-order valence-electron chi connectivity index (χ2n) is 5.35. The molecule has 1 aromatic carbocycles. The minimum Gasteiger partial charge on any atom is -0.481 e. The molecule has 21 heavy (non-hydrogen) atoms. The highest BCUT2D eigenvalue weighted by atomic mass is 32.1. The first kappa shape index (κ1) is 13.8. The zero-order chi connectivity index (χ0) is 15.2. The van der Waals surface area contributed by atoms with Gasteiger partial charge >= 0.3 is 5.97 Å². The first-order valence-electron chi connectivity index (χ1n) is 6.61. The highest BCUT2D eigenvalue weighted by molar-refractivity contribution is 7.10. The summed E-state index contributed by atoms with van der Waals surface area (Å²) in [6.45, 7) is 1.82. The number of thiophene rings is 1. The van der Waals surface area contributed by atoms with Gasteiger partial charge in [-0.3, -0.25) is 9.59 Å². The highest BCUT2D eigenvalue weighted by Crippen LogP contribution is 2.48. The number of hydrogen-bond acceptors (Lipinski definition) is 3. The maximum atomic E-state index is 12.6. The topological polar surface area (TPSA) is 57.6 Å². The lowest BCUT2D eigenvalue weighted by Crippen LogP contribution is -2.54. The molecule has 0 bridgehead atoms. The van der Waals surface area contributed by atoms with Crippen LogP contribution in [0.4, 0.5) is 0 Å². The first-order chi connectivity index (χ1) is 9.98. The Morgan fingerprint density at radius 2 is 2.00 bits per heavy atom. The van der Waals surface area contributed by atoms with Crippen LogP contribution in [0.1, 0.15) is 33.6 Å². The third-order valence-electron chi connectivity index (χ3n) is 4.33. The van der Waals surface area contributed by atoms with Gasteiger partial charge in [0.05, 0.1) is 5.54 Å². The Hall–Kier alpha value is -2.14. The minimum absolute atomic E-state index is 0.140. The Morgan fingerprint density at radius 3 is 2.62 bits per heavy atom. The van der Waals surface area contributed by atoms with Gasteiger partial charge in [0.25, 0.3) is 5.91 Å². The molecule has 0 aliphatic carbocycles. The van der Waals surface area contributed by atoms with Crippen LogP contribution in [0.3, 0.4) is 0 Å². The molecule has 1 aromatic heterocycles. The third-order valence-corrected chi connectivity index (χ3v) is 5.43. The van der Waals surface area contributed by atoms with E-state index in [0.717, 1.165) is 4.88 Å². The zero-order valence-electron chi connectivity index (χ0n) is 11.7. The van der Waals surface area contributed by atoms with E-state index < -0.39 is 17.4 Å². The fourth-order valence-corrected chi connectivity index (χ4v) is 4.03. The molecule has 0 radical (unpaired) electrons. The predicted molar refractivity (Wildman–Crippen MR) is 80.6 cm³/mol. The van der Waals surface area contributed by atoms with Crippen molar-refractivity contribution in [2.75, 3.05) is 7.05 Å². The van der Waals surface area contributed by atoms with Gasteiger partial charge in [-0.2, -0.15) is 0 Å². The monoisotopic (exact) mass is 301 g/mol. The molecule has 2 aromatic rings. The molecule has 2 unspecified atom stereocenters. The van der Waals surface area contributed by atoms with Gasteiger partial charge in [-0.05, 0) is 30.0 Å². The van der Waals surface area contributed by atoms with Crippen molar-refractivity contribution < 1.29 is 14.7 Å². The van der Waals surface area contributed by atoms with E-state index in [0.29, 0.717) is 11.1 Å². The highest BCUT2D eigenvalue weighted by Gasteiger charge is 2.52. The van der Waals surface area contributed by atoms with Crippen LogP contribution in [0.2, 0.25) is 0 Å². The number of carbonyl (C=O) groups excluding carboxylic acids is 1. The fourth-order valence-electron chi connectivity index (χ4n) is 3.08. The summed E-state index contributed by atoms with van der Waals surface area (Å²) >= 11 is 1.47. The van der Waals surface area contributed by atoms with E-state index in [4.69, 9.17) is 0 Å². The second kappa shape index (κ2) is 4.70. The summed E-state index contributed by atoms with van der Waals surface area (Å²) in [4.78, 5) is 27.0. The van der Waals surface area contributed by atoms with Crippen LogP contribution >= 0.6 is 11.3 Å². The van der Waals surface area contributed by atoms with Gasteiger partial charge in [0, 0.05) is 17.5 Å². The van der Waals surface area contributed by atoms with Gasteiger partial charge in [-0.1, -0.05) is 24.3 Å². The van der Waals surface area contributed by atoms with Crippen molar-refractivity contribution in [2.45, 2.75) is 18.4 Å². The number of benzene rings is 1. The molecular formula is C16H15NO3S. The molecule has 1 amide bonds. The molecular weight excluding hydrogens is 286 g/mol. The van der Waals surface area contributed by atoms with Crippen molar-refractivity contribution in [3.8, 4) is 0 Å². The van der Waals surface area contributed by atoms with Crippen LogP contribution in [0.5, 0.6) is 0 Å². The van der Waals surface area contributed by atoms with Crippen molar-refractivity contribution in [3.05, 3.63) is 57.8 Å². The molecule has 2 atom stereocenters. The Morgan fingerprint density at radius 1 is 1.29 bits per heavy atom. The summed E-state index contributed by atoms with van der Waals surface area (Å²) in [6.07, 6.45) is 0. The number of carboxylic acids is 1. The normalized spacial score (nSPS) is 24.8. The van der Waals surface area contributed by atoms with E-state index in [1.807, 2.05) is 24.4 Å². The summed E-state index contributed by atoms with van der Waals surface area (Å²) in [5, 5.41) is 11.7. The second-order valence-corrected chi connectivity index (χ2v) is 6.30. The fraction of sp³-hybridized carbons (Fsp3) is 0.250. The molecule has 3 rings (SSSR count). The van der Waals surface area contributed by atoms with Crippen LogP contribution < -0.4 is 0 Å². The van der Waals surface area contributed by atoms with E-state index >= 15 is 0 Å². The maximum absolute atomic E-state index is 12.6. The smallest absolute Gasteiger partial charge is 0.313 e. The molecule has 1 N–H and O–H groups in total. The van der Waals surface area contributed by atoms with Crippen molar-refractivity contribution >= 4 is 23.2 Å². The van der Waals surface area contributed by atoms with Gasteiger partial charge in [-0.15, -0.1) is 11.3 Å². The number of amides is 1. The molecule has 0 spiro atoms. The molecule has 0 saturated heterocycles. The Labute approximate surface area is 126 Å². The number of aliphatic carboxylic acids is 1. The Bertz CT molecular complexity index is 710. The molecule has 1 aliphatic heterocycles. The van der Waals surface area contributed by atoms with E-state index in [1.165, 1.54) is 11.3 Å². The van der Waals surface area contributed by atoms with Crippen LogP contribution in [-0.2, 0) is 10.3 Å². The molecule has 0 saturated carbocycles. The number of likely N-dealkylation sites (N-methyl/N-ethyl adjacent to an activating group) is 1. The zero-order valence-corrected chi connectivity index (χ0v) is 12.6. The average Bonchev–Trinajstić information content (AvgIpc) is 2.99. The average molecular weight is 301 g/mol. The quantitative estimate of drug-likeness (QED) is 0.928. The molecule has 108 valence electrons. The van der Waals surface area contributed by atoms with Gasteiger partial charge in [-0.25, -0.2) is 0 Å². The van der Waals surface area contributed by atoms with Crippen LogP contribution in [0.25, 0.3) is 0 Å². The number of rotatable bonds is 2. The standard InChI is InChI=1S/C16H15NO3S/c1-16(12-8-5-9-21-12)13(15(19)20)10-6-3-4-7-11(10)14(18)17(16)2/h3-9,13H,1-2H3,(H,19,20). The lowest BCUT2D eigenvalue weighted by molar-refractivity contribution is -0.142. The van der Waals surface area contributed by atoms with Gasteiger partial charge in [0.1, 0.15) is 5.92 Å². The van der Waals surface area contributed by atoms with Crippen molar-refractivity contribution in [2.24, 2.45) is 0 Å². The van der Waals surface area contributed by atoms with Crippen LogP contribution in [0, 0.1) is 0 Å². The van der Waals surface area contributed by atoms with Gasteiger partial charge in [0.15, 0.2) is 0 Å². The maximum Gasteiger partial charge on any atom is 0.313 e. The summed E-state index contributed by atoms with van der Waals surface area (Å²) in [6, 6.07) is 10.7. The van der Waals surface area contributed by atoms with Crippen LogP contribution in [0.15, 0.2) is 41.8 Å². The molecule has 4 nitrogen and oxygen atoms in total. The SMILES string of the molecule is CN1C(=O)c2ccccc2C(C(=O)O)C1(C)c1cccs1. The van der Waals surface area contributed by atoms with Gasteiger partial charge < -0.3 is 10.0 Å². The van der Waals surface area contributed by atoms with Crippen molar-refractivity contribution in [3.63, 3.8) is 0 Å². The summed E-state index contributed by atoms with van der Waals surface area (Å²) in [5.74, 6) is -1.84. The Kier molecular flexibility index (Phi) is 3.10. The van der Waals surface area contributed by atoms with E-state index in [-0.39, 0.29) is 5.91 Å². The van der Waals surface area contributed by atoms with Gasteiger partial charge in [0.2, 0.25) is 0 Å². The summed E-state index contributed by atoms with van der Waals surface area (Å²) in [7, 11) is 1.67. The number of carbonyl (C=O) groups is 2. The first-order valence-corrected chi connectivity index (χ1v) is 7.49. The van der Waals surface area contributed by atoms with Crippen molar-refractivity contribution in [1.82, 2.24) is 4.90 Å². The molecule has 5 heteroatoms. The third kappa shape index (κ3) is 1.81. The largest absolute Gasteiger partial charge is 0.481 e. The summed E-state index contributed by atoms with van der Waals surface area (Å²) < 4.78 is 0. The molecule has 1 aliphatic rings. The van der Waals surface area contributed by atoms with E-state index in [2.05, 4.69) is 0 Å².